The summed E-state index contributed by atoms with van der Waals surface area (Å²) in [6.45, 7) is 7.46. The molecular formula is C20H24FN5O2. The topological polar surface area (TPSA) is 84.2 Å². The molecule has 4 rings (SSSR count). The molecule has 1 N–H and O–H groups in total. The predicted octanol–water partition coefficient (Wildman–Crippen LogP) is 4.67. The second-order valence-corrected chi connectivity index (χ2v) is 9.10. The first-order chi connectivity index (χ1) is 13.2. The van der Waals surface area contributed by atoms with Crippen LogP contribution in [0.25, 0.3) is 0 Å². The fraction of sp³-hybridized carbons (Fsp3) is 0.500. The van der Waals surface area contributed by atoms with Gasteiger partial charge in [0.1, 0.15) is 12.1 Å². The molecule has 2 aromatic rings. The number of fused-ring (bicyclic) bond motifs is 2. The summed E-state index contributed by atoms with van der Waals surface area (Å²) in [5.41, 5.74) is 0.218. The molecule has 1 saturated heterocycles. The highest BCUT2D eigenvalue weighted by molar-refractivity contribution is 5.75. The van der Waals surface area contributed by atoms with Gasteiger partial charge in [0.2, 0.25) is 11.6 Å². The molecule has 2 fully saturated rings. The summed E-state index contributed by atoms with van der Waals surface area (Å²) < 4.78 is 14.0. The van der Waals surface area contributed by atoms with Gasteiger partial charge in [-0.25, -0.2) is 14.4 Å². The van der Waals surface area contributed by atoms with Crippen molar-refractivity contribution in [3.05, 3.63) is 46.5 Å². The van der Waals surface area contributed by atoms with Crippen LogP contribution < -0.4 is 10.2 Å². The van der Waals surface area contributed by atoms with Crippen LogP contribution in [0.1, 0.15) is 40.0 Å². The van der Waals surface area contributed by atoms with Gasteiger partial charge in [0, 0.05) is 12.6 Å². The van der Waals surface area contributed by atoms with E-state index >= 15 is 0 Å². The SMILES string of the molecule is CC1(C)CC2CC(C)(CN2c2ncnc(Nc3ccccc3F)c2[N+](=O)[O-])C1. The molecule has 1 aromatic carbocycles. The molecule has 0 radical (unpaired) electrons. The monoisotopic (exact) mass is 385 g/mol. The van der Waals surface area contributed by atoms with Gasteiger partial charge in [0.25, 0.3) is 0 Å². The Morgan fingerprint density at radius 2 is 2.00 bits per heavy atom. The van der Waals surface area contributed by atoms with Gasteiger partial charge in [-0.05, 0) is 42.2 Å². The Hall–Kier alpha value is -2.77. The lowest BCUT2D eigenvalue weighted by Gasteiger charge is -2.39. The Balaban J connectivity index is 1.75. The molecule has 8 heteroatoms. The molecule has 1 aliphatic heterocycles. The van der Waals surface area contributed by atoms with E-state index in [4.69, 9.17) is 0 Å². The Bertz CT molecular complexity index is 935. The summed E-state index contributed by atoms with van der Waals surface area (Å²) in [6, 6.07) is 6.23. The molecule has 2 atom stereocenters. The number of halogens is 1. The van der Waals surface area contributed by atoms with Gasteiger partial charge in [0.05, 0.1) is 10.6 Å². The average Bonchev–Trinajstić information content (AvgIpc) is 2.85. The van der Waals surface area contributed by atoms with Gasteiger partial charge in [-0.1, -0.05) is 32.9 Å². The molecule has 28 heavy (non-hydrogen) atoms. The smallest absolute Gasteiger partial charge is 0.347 e. The van der Waals surface area contributed by atoms with Crippen LogP contribution in [0.4, 0.5) is 27.4 Å². The lowest BCUT2D eigenvalue weighted by Crippen LogP contribution is -2.35. The number of benzene rings is 1. The van der Waals surface area contributed by atoms with Gasteiger partial charge < -0.3 is 10.2 Å². The van der Waals surface area contributed by atoms with E-state index < -0.39 is 10.7 Å². The molecule has 2 unspecified atom stereocenters. The highest BCUT2D eigenvalue weighted by atomic mass is 19.1. The average molecular weight is 385 g/mol. The van der Waals surface area contributed by atoms with Gasteiger partial charge in [0.15, 0.2) is 0 Å². The highest BCUT2D eigenvalue weighted by Crippen LogP contribution is 2.54. The Morgan fingerprint density at radius 1 is 1.25 bits per heavy atom. The van der Waals surface area contributed by atoms with Crippen molar-refractivity contribution < 1.29 is 9.31 Å². The molecule has 2 heterocycles. The van der Waals surface area contributed by atoms with E-state index in [0.717, 1.165) is 25.8 Å². The number of hydrogen-bond donors (Lipinski definition) is 1. The Kier molecular flexibility index (Phi) is 4.24. The quantitative estimate of drug-likeness (QED) is 0.608. The first-order valence-corrected chi connectivity index (χ1v) is 9.45. The molecule has 0 amide bonds. The third-order valence-electron chi connectivity index (χ3n) is 5.80. The number of para-hydroxylation sites is 1. The maximum absolute atomic E-state index is 14.0. The number of rotatable bonds is 4. The minimum atomic E-state index is -0.497. The largest absolute Gasteiger partial charge is 0.353 e. The van der Waals surface area contributed by atoms with Crippen molar-refractivity contribution in [2.24, 2.45) is 10.8 Å². The molecule has 148 valence electrons. The van der Waals surface area contributed by atoms with Crippen molar-refractivity contribution in [2.45, 2.75) is 46.1 Å². The zero-order valence-electron chi connectivity index (χ0n) is 16.3. The number of nitrogens with zero attached hydrogens (tertiary/aromatic N) is 4. The fourth-order valence-electron chi connectivity index (χ4n) is 5.24. The van der Waals surface area contributed by atoms with Crippen molar-refractivity contribution in [3.8, 4) is 0 Å². The van der Waals surface area contributed by atoms with E-state index in [1.807, 2.05) is 0 Å². The minimum absolute atomic E-state index is 0.00552. The molecule has 2 aliphatic rings. The third kappa shape index (κ3) is 3.27. The summed E-state index contributed by atoms with van der Waals surface area (Å²) in [5.74, 6) is -0.181. The van der Waals surface area contributed by atoms with Crippen LogP contribution in [-0.4, -0.2) is 27.5 Å². The summed E-state index contributed by atoms with van der Waals surface area (Å²) in [5, 5.41) is 14.7. The van der Waals surface area contributed by atoms with Gasteiger partial charge in [-0.3, -0.25) is 10.1 Å². The molecule has 2 bridgehead atoms. The Labute approximate surface area is 163 Å². The second-order valence-electron chi connectivity index (χ2n) is 9.10. The van der Waals surface area contributed by atoms with E-state index in [-0.39, 0.29) is 34.1 Å². The first-order valence-electron chi connectivity index (χ1n) is 9.45. The fourth-order valence-corrected chi connectivity index (χ4v) is 5.24. The normalized spacial score (nSPS) is 25.6. The summed E-state index contributed by atoms with van der Waals surface area (Å²) in [4.78, 5) is 21.8. The Morgan fingerprint density at radius 3 is 2.71 bits per heavy atom. The molecule has 7 nitrogen and oxygen atoms in total. The summed E-state index contributed by atoms with van der Waals surface area (Å²) in [7, 11) is 0. The van der Waals surface area contributed by atoms with Gasteiger partial charge in [-0.2, -0.15) is 0 Å². The van der Waals surface area contributed by atoms with Gasteiger partial charge >= 0.3 is 5.69 Å². The first kappa shape index (κ1) is 18.6. The maximum Gasteiger partial charge on any atom is 0.353 e. The number of nitro groups is 1. The minimum Gasteiger partial charge on any atom is -0.347 e. The van der Waals surface area contributed by atoms with Crippen LogP contribution in [0, 0.1) is 26.8 Å². The van der Waals surface area contributed by atoms with E-state index in [1.165, 1.54) is 18.5 Å². The van der Waals surface area contributed by atoms with Crippen LogP contribution in [0.2, 0.25) is 0 Å². The summed E-state index contributed by atoms with van der Waals surface area (Å²) >= 11 is 0. The number of nitrogens with one attached hydrogen (secondary N) is 1. The lowest BCUT2D eigenvalue weighted by atomic mass is 9.65. The van der Waals surface area contributed by atoms with E-state index in [1.54, 1.807) is 12.1 Å². The predicted molar refractivity (Wildman–Crippen MR) is 105 cm³/mol. The van der Waals surface area contributed by atoms with Crippen LogP contribution in [-0.2, 0) is 0 Å². The van der Waals surface area contributed by atoms with Gasteiger partial charge in [-0.15, -0.1) is 0 Å². The van der Waals surface area contributed by atoms with Crippen LogP contribution in [0.3, 0.4) is 0 Å². The van der Waals surface area contributed by atoms with Crippen LogP contribution in [0.5, 0.6) is 0 Å². The number of aromatic nitrogens is 2. The molecule has 1 saturated carbocycles. The van der Waals surface area contributed by atoms with E-state index in [2.05, 4.69) is 41.0 Å². The van der Waals surface area contributed by atoms with Crippen molar-refractivity contribution in [1.82, 2.24) is 9.97 Å². The van der Waals surface area contributed by atoms with Crippen molar-refractivity contribution in [2.75, 3.05) is 16.8 Å². The van der Waals surface area contributed by atoms with E-state index in [9.17, 15) is 14.5 Å². The standard InChI is InChI=1S/C20H24FN5O2/c1-19(2)8-13-9-20(3,10-19)11-25(13)18-16(26(27)28)17(22-12-23-18)24-15-7-5-4-6-14(15)21/h4-7,12-13H,8-11H2,1-3H3,(H,22,23,24). The maximum atomic E-state index is 14.0. The zero-order valence-corrected chi connectivity index (χ0v) is 16.3. The molecule has 1 aliphatic carbocycles. The highest BCUT2D eigenvalue weighted by Gasteiger charge is 2.51. The molecular weight excluding hydrogens is 361 g/mol. The number of anilines is 3. The zero-order chi connectivity index (χ0) is 20.1. The molecule has 1 aromatic heterocycles. The lowest BCUT2D eigenvalue weighted by molar-refractivity contribution is -0.383. The van der Waals surface area contributed by atoms with Crippen LogP contribution in [0.15, 0.2) is 30.6 Å². The van der Waals surface area contributed by atoms with E-state index in [0.29, 0.717) is 5.82 Å². The number of hydrogen-bond acceptors (Lipinski definition) is 6. The van der Waals surface area contributed by atoms with Crippen molar-refractivity contribution in [1.29, 1.82) is 0 Å². The summed E-state index contributed by atoms with van der Waals surface area (Å²) in [6.07, 6.45) is 4.33. The second kappa shape index (κ2) is 6.39. The van der Waals surface area contributed by atoms with Crippen LogP contribution >= 0.6 is 0 Å². The van der Waals surface area contributed by atoms with Crippen molar-refractivity contribution >= 4 is 23.0 Å². The molecule has 0 spiro atoms. The van der Waals surface area contributed by atoms with Crippen molar-refractivity contribution in [3.63, 3.8) is 0 Å². The third-order valence-corrected chi connectivity index (χ3v) is 5.80.